The Morgan fingerprint density at radius 3 is 2.71 bits per heavy atom. The Morgan fingerprint density at radius 2 is 2.07 bits per heavy atom. The third-order valence-corrected chi connectivity index (χ3v) is 2.32. The zero-order valence-corrected chi connectivity index (χ0v) is 8.79. The number of nitrogens with zero attached hydrogens (tertiary/aromatic N) is 3. The quantitative estimate of drug-likeness (QED) is 0.659. The lowest BCUT2D eigenvalue weighted by Gasteiger charge is -2.27. The summed E-state index contributed by atoms with van der Waals surface area (Å²) in [5, 5.41) is 0.499. The molecule has 76 valence electrons. The molecule has 5 heteroatoms. The molecule has 1 aromatic heterocycles. The number of halogens is 1. The molecule has 0 unspecified atom stereocenters. The van der Waals surface area contributed by atoms with Crippen molar-refractivity contribution < 1.29 is 4.74 Å². The second-order valence-corrected chi connectivity index (χ2v) is 3.58. The van der Waals surface area contributed by atoms with Gasteiger partial charge < -0.3 is 9.64 Å². The Balaban J connectivity index is 2.21. The van der Waals surface area contributed by atoms with E-state index < -0.39 is 0 Å². The van der Waals surface area contributed by atoms with Gasteiger partial charge in [-0.2, -0.15) is 0 Å². The molecule has 0 N–H and O–H groups in total. The molecule has 1 aromatic rings. The number of morpholine rings is 1. The van der Waals surface area contributed by atoms with E-state index in [4.69, 9.17) is 16.3 Å². The third kappa shape index (κ3) is 2.13. The van der Waals surface area contributed by atoms with E-state index in [0.29, 0.717) is 11.0 Å². The molecule has 0 amide bonds. The second kappa shape index (κ2) is 4.11. The van der Waals surface area contributed by atoms with Gasteiger partial charge in [-0.15, -0.1) is 0 Å². The molecular weight excluding hydrogens is 202 g/mol. The van der Waals surface area contributed by atoms with Gasteiger partial charge in [-0.3, -0.25) is 0 Å². The van der Waals surface area contributed by atoms with E-state index in [2.05, 4.69) is 14.9 Å². The van der Waals surface area contributed by atoms with Crippen molar-refractivity contribution in [1.29, 1.82) is 0 Å². The van der Waals surface area contributed by atoms with E-state index in [1.165, 1.54) is 0 Å². The van der Waals surface area contributed by atoms with Gasteiger partial charge >= 0.3 is 0 Å². The summed E-state index contributed by atoms with van der Waals surface area (Å²) in [6.07, 6.45) is 0. The van der Waals surface area contributed by atoms with Gasteiger partial charge in [0.25, 0.3) is 0 Å². The fraction of sp³-hybridized carbons (Fsp3) is 0.556. The molecule has 1 aliphatic rings. The normalized spacial score (nSPS) is 17.1. The van der Waals surface area contributed by atoms with E-state index in [1.54, 1.807) is 6.07 Å². The maximum atomic E-state index is 5.86. The molecule has 14 heavy (non-hydrogen) atoms. The molecule has 1 fully saturated rings. The molecule has 2 heterocycles. The van der Waals surface area contributed by atoms with Crippen LogP contribution in [-0.2, 0) is 4.74 Å². The molecule has 2 rings (SSSR count). The first kappa shape index (κ1) is 9.68. The number of anilines is 1. The highest BCUT2D eigenvalue weighted by molar-refractivity contribution is 6.29. The van der Waals surface area contributed by atoms with Crippen molar-refractivity contribution in [2.75, 3.05) is 31.2 Å². The van der Waals surface area contributed by atoms with Gasteiger partial charge in [-0.1, -0.05) is 11.6 Å². The van der Waals surface area contributed by atoms with Gasteiger partial charge in [0.1, 0.15) is 16.8 Å². The van der Waals surface area contributed by atoms with Crippen molar-refractivity contribution in [2.45, 2.75) is 6.92 Å². The third-order valence-electron chi connectivity index (χ3n) is 2.13. The summed E-state index contributed by atoms with van der Waals surface area (Å²) in [7, 11) is 0. The monoisotopic (exact) mass is 213 g/mol. The first-order valence-electron chi connectivity index (χ1n) is 4.59. The van der Waals surface area contributed by atoms with E-state index >= 15 is 0 Å². The maximum absolute atomic E-state index is 5.86. The predicted octanol–water partition coefficient (Wildman–Crippen LogP) is 1.28. The second-order valence-electron chi connectivity index (χ2n) is 3.20. The fourth-order valence-electron chi connectivity index (χ4n) is 1.47. The van der Waals surface area contributed by atoms with Crippen LogP contribution in [0.1, 0.15) is 5.82 Å². The fourth-order valence-corrected chi connectivity index (χ4v) is 1.69. The summed E-state index contributed by atoms with van der Waals surface area (Å²) in [5.74, 6) is 1.60. The van der Waals surface area contributed by atoms with Crippen LogP contribution >= 0.6 is 11.6 Å². The summed E-state index contributed by atoms with van der Waals surface area (Å²) in [6.45, 7) is 5.08. The van der Waals surface area contributed by atoms with Crippen LogP contribution in [0.2, 0.25) is 5.15 Å². The summed E-state index contributed by atoms with van der Waals surface area (Å²) < 4.78 is 5.26. The van der Waals surface area contributed by atoms with E-state index in [-0.39, 0.29) is 0 Å². The Bertz CT molecular complexity index is 306. The standard InChI is InChI=1S/C9H12ClN3O/c1-7-11-8(10)6-9(12-7)13-2-4-14-5-3-13/h6H,2-5H2,1H3. The topological polar surface area (TPSA) is 38.2 Å². The zero-order chi connectivity index (χ0) is 9.97. The number of rotatable bonds is 1. The van der Waals surface area contributed by atoms with Crippen molar-refractivity contribution in [3.63, 3.8) is 0 Å². The zero-order valence-electron chi connectivity index (χ0n) is 8.03. The Hall–Kier alpha value is -0.870. The van der Waals surface area contributed by atoms with Gasteiger partial charge in [-0.25, -0.2) is 9.97 Å². The SMILES string of the molecule is Cc1nc(Cl)cc(N2CCOCC2)n1. The van der Waals surface area contributed by atoms with Crippen LogP contribution in [0.15, 0.2) is 6.07 Å². The van der Waals surface area contributed by atoms with Crippen molar-refractivity contribution in [1.82, 2.24) is 9.97 Å². The van der Waals surface area contributed by atoms with E-state index in [0.717, 1.165) is 32.1 Å². The summed E-state index contributed by atoms with van der Waals surface area (Å²) >= 11 is 5.86. The summed E-state index contributed by atoms with van der Waals surface area (Å²) in [4.78, 5) is 10.5. The minimum Gasteiger partial charge on any atom is -0.378 e. The molecule has 1 aliphatic heterocycles. The highest BCUT2D eigenvalue weighted by Crippen LogP contribution is 2.16. The van der Waals surface area contributed by atoms with Crippen LogP contribution in [0.4, 0.5) is 5.82 Å². The van der Waals surface area contributed by atoms with E-state index in [9.17, 15) is 0 Å². The van der Waals surface area contributed by atoms with Gasteiger partial charge in [0.2, 0.25) is 0 Å². The largest absolute Gasteiger partial charge is 0.378 e. The molecule has 0 bridgehead atoms. The van der Waals surface area contributed by atoms with Crippen molar-refractivity contribution in [3.05, 3.63) is 17.0 Å². The van der Waals surface area contributed by atoms with Crippen molar-refractivity contribution >= 4 is 17.4 Å². The number of aryl methyl sites for hydroxylation is 1. The average molecular weight is 214 g/mol. The number of hydrogen-bond donors (Lipinski definition) is 0. The highest BCUT2D eigenvalue weighted by Gasteiger charge is 2.13. The molecule has 0 aliphatic carbocycles. The molecule has 0 atom stereocenters. The number of hydrogen-bond acceptors (Lipinski definition) is 4. The van der Waals surface area contributed by atoms with Crippen LogP contribution in [0.25, 0.3) is 0 Å². The van der Waals surface area contributed by atoms with Gasteiger partial charge in [-0.05, 0) is 6.92 Å². The van der Waals surface area contributed by atoms with Gasteiger partial charge in [0, 0.05) is 19.2 Å². The number of aromatic nitrogens is 2. The molecule has 1 saturated heterocycles. The lowest BCUT2D eigenvalue weighted by molar-refractivity contribution is 0.122. The first-order valence-corrected chi connectivity index (χ1v) is 4.97. The van der Waals surface area contributed by atoms with Gasteiger partial charge in [0.05, 0.1) is 13.2 Å². The molecule has 0 spiro atoms. The Morgan fingerprint density at radius 1 is 1.36 bits per heavy atom. The smallest absolute Gasteiger partial charge is 0.134 e. The molecule has 0 saturated carbocycles. The van der Waals surface area contributed by atoms with Crippen LogP contribution in [0, 0.1) is 6.92 Å². The van der Waals surface area contributed by atoms with Crippen LogP contribution in [0.5, 0.6) is 0 Å². The van der Waals surface area contributed by atoms with Crippen molar-refractivity contribution in [2.24, 2.45) is 0 Å². The minimum atomic E-state index is 0.499. The lowest BCUT2D eigenvalue weighted by atomic mass is 10.4. The van der Waals surface area contributed by atoms with Gasteiger partial charge in [0.15, 0.2) is 0 Å². The van der Waals surface area contributed by atoms with Crippen LogP contribution < -0.4 is 4.90 Å². The highest BCUT2D eigenvalue weighted by atomic mass is 35.5. The number of ether oxygens (including phenoxy) is 1. The molecule has 0 radical (unpaired) electrons. The van der Waals surface area contributed by atoms with E-state index in [1.807, 2.05) is 6.92 Å². The maximum Gasteiger partial charge on any atom is 0.134 e. The molecule has 0 aromatic carbocycles. The predicted molar refractivity (Wildman–Crippen MR) is 54.8 cm³/mol. The summed E-state index contributed by atoms with van der Waals surface area (Å²) in [6, 6.07) is 1.79. The lowest BCUT2D eigenvalue weighted by Crippen LogP contribution is -2.36. The minimum absolute atomic E-state index is 0.499. The average Bonchev–Trinajstić information content (AvgIpc) is 2.18. The van der Waals surface area contributed by atoms with Crippen LogP contribution in [-0.4, -0.2) is 36.3 Å². The summed E-state index contributed by atoms with van der Waals surface area (Å²) in [5.41, 5.74) is 0. The van der Waals surface area contributed by atoms with Crippen LogP contribution in [0.3, 0.4) is 0 Å². The first-order chi connectivity index (χ1) is 6.75. The Kier molecular flexibility index (Phi) is 2.84. The van der Waals surface area contributed by atoms with Crippen molar-refractivity contribution in [3.8, 4) is 0 Å². The molecule has 4 nitrogen and oxygen atoms in total. The Labute approximate surface area is 87.9 Å². The molecular formula is C9H12ClN3O.